The number of rotatable bonds is 14. The molecular weight excluding hydrogens is 432 g/mol. The molecule has 1 aromatic heterocycles. The average molecular weight is 467 g/mol. The van der Waals surface area contributed by atoms with Crippen molar-refractivity contribution in [3.8, 4) is 5.75 Å². The normalized spacial score (nSPS) is 11.4. The van der Waals surface area contributed by atoms with E-state index in [1.165, 1.54) is 5.56 Å². The van der Waals surface area contributed by atoms with Gasteiger partial charge in [0.2, 0.25) is 0 Å². The topological polar surface area (TPSA) is 87.5 Å². The second-order valence-corrected chi connectivity index (χ2v) is 8.51. The van der Waals surface area contributed by atoms with Gasteiger partial charge in [0, 0.05) is 20.2 Å². The second-order valence-electron chi connectivity index (χ2n) is 8.51. The van der Waals surface area contributed by atoms with Crippen molar-refractivity contribution in [3.63, 3.8) is 0 Å². The Kier molecular flexibility index (Phi) is 9.61. The smallest absolute Gasteiger partial charge is 0.342 e. The van der Waals surface area contributed by atoms with E-state index in [9.17, 15) is 4.79 Å². The highest BCUT2D eigenvalue weighted by atomic mass is 16.6. The van der Waals surface area contributed by atoms with Crippen LogP contribution in [0.4, 0.5) is 0 Å². The lowest BCUT2D eigenvalue weighted by atomic mass is 10.0. The molecule has 0 aliphatic rings. The summed E-state index contributed by atoms with van der Waals surface area (Å²) in [6, 6.07) is 17.4. The summed E-state index contributed by atoms with van der Waals surface area (Å²) in [4.78, 5) is 12.2. The van der Waals surface area contributed by atoms with Crippen LogP contribution in [-0.2, 0) is 28.1 Å². The lowest BCUT2D eigenvalue weighted by Crippen LogP contribution is -2.36. The Bertz CT molecular complexity index is 1020. The summed E-state index contributed by atoms with van der Waals surface area (Å²) in [5.74, 6) is 0.116. The van der Waals surface area contributed by atoms with Crippen molar-refractivity contribution >= 4 is 5.97 Å². The van der Waals surface area contributed by atoms with Gasteiger partial charge in [-0.25, -0.2) is 4.79 Å². The number of hydrogen-bond donors (Lipinski definition) is 1. The first-order chi connectivity index (χ1) is 16.5. The number of hydrogen-bond acceptors (Lipinski definition) is 7. The van der Waals surface area contributed by atoms with E-state index in [4.69, 9.17) is 14.2 Å². The molecule has 0 aliphatic heterocycles. The molecule has 8 nitrogen and oxygen atoms in total. The molecule has 3 aromatic rings. The van der Waals surface area contributed by atoms with E-state index >= 15 is 0 Å². The van der Waals surface area contributed by atoms with E-state index in [1.54, 1.807) is 25.3 Å². The van der Waals surface area contributed by atoms with Gasteiger partial charge in [-0.05, 0) is 44.4 Å². The number of aryl methyl sites for hydroxylation is 1. The van der Waals surface area contributed by atoms with E-state index in [-0.39, 0.29) is 12.1 Å². The third-order valence-electron chi connectivity index (χ3n) is 5.42. The highest BCUT2D eigenvalue weighted by Gasteiger charge is 2.23. The molecule has 8 heteroatoms. The predicted molar refractivity (Wildman–Crippen MR) is 130 cm³/mol. The van der Waals surface area contributed by atoms with Crippen molar-refractivity contribution < 1.29 is 19.0 Å². The van der Waals surface area contributed by atoms with Crippen LogP contribution in [0.25, 0.3) is 0 Å². The number of carbonyl (C=O) groups excluding carboxylic acids is 1. The molecule has 2 aromatic carbocycles. The van der Waals surface area contributed by atoms with Crippen molar-refractivity contribution in [2.45, 2.75) is 45.3 Å². The highest BCUT2D eigenvalue weighted by molar-refractivity contribution is 5.92. The zero-order chi connectivity index (χ0) is 24.2. The molecule has 34 heavy (non-hydrogen) atoms. The van der Waals surface area contributed by atoms with Gasteiger partial charge in [0.25, 0.3) is 0 Å². The van der Waals surface area contributed by atoms with E-state index < -0.39 is 5.97 Å². The Labute approximate surface area is 201 Å². The van der Waals surface area contributed by atoms with Crippen LogP contribution in [0.2, 0.25) is 0 Å². The van der Waals surface area contributed by atoms with Crippen molar-refractivity contribution in [1.82, 2.24) is 20.3 Å². The van der Waals surface area contributed by atoms with Gasteiger partial charge in [0.15, 0.2) is 0 Å². The first kappa shape index (κ1) is 25.4. The van der Waals surface area contributed by atoms with Crippen molar-refractivity contribution in [1.29, 1.82) is 0 Å². The monoisotopic (exact) mass is 466 g/mol. The number of aromatic nitrogens is 3. The van der Waals surface area contributed by atoms with E-state index in [0.29, 0.717) is 24.5 Å². The molecule has 0 aliphatic carbocycles. The summed E-state index contributed by atoms with van der Waals surface area (Å²) in [7, 11) is 1.56. The van der Waals surface area contributed by atoms with Crippen LogP contribution >= 0.6 is 0 Å². The predicted octanol–water partition coefficient (Wildman–Crippen LogP) is 3.97. The number of nitrogens with zero attached hydrogens (tertiary/aromatic N) is 3. The van der Waals surface area contributed by atoms with Crippen LogP contribution < -0.4 is 10.1 Å². The van der Waals surface area contributed by atoms with Crippen molar-refractivity contribution in [3.05, 3.63) is 77.6 Å². The molecule has 0 bridgehead atoms. The maximum Gasteiger partial charge on any atom is 0.342 e. The third kappa shape index (κ3) is 7.67. The zero-order valence-corrected chi connectivity index (χ0v) is 20.2. The van der Waals surface area contributed by atoms with Gasteiger partial charge in [-0.1, -0.05) is 47.7 Å². The number of benzene rings is 2. The molecule has 0 fully saturated rings. The summed E-state index contributed by atoms with van der Waals surface area (Å²) in [5, 5.41) is 12.2. The standard InChI is InChI=1S/C26H34N4O4/c1-26(2,27-19-21-11-5-4-6-12-21)24-20-30(29-28-24)15-9-10-16-33-23-14-8-7-13-22(23)25(31)34-18-17-32-3/h4-8,11-14,20,27H,9-10,15-19H2,1-3H3. The fourth-order valence-corrected chi connectivity index (χ4v) is 3.32. The van der Waals surface area contributed by atoms with Crippen molar-refractivity contribution in [2.75, 3.05) is 26.9 Å². The minimum Gasteiger partial charge on any atom is -0.493 e. The lowest BCUT2D eigenvalue weighted by molar-refractivity contribution is 0.0384. The number of carbonyl (C=O) groups is 1. The minimum atomic E-state index is -0.411. The quantitative estimate of drug-likeness (QED) is 0.284. The number of nitrogens with one attached hydrogen (secondary N) is 1. The van der Waals surface area contributed by atoms with Crippen LogP contribution in [0, 0.1) is 0 Å². The maximum atomic E-state index is 12.2. The van der Waals surface area contributed by atoms with Gasteiger partial charge in [-0.3, -0.25) is 4.68 Å². The molecule has 1 N–H and O–H groups in total. The molecule has 182 valence electrons. The molecular formula is C26H34N4O4. The number of ether oxygens (including phenoxy) is 3. The first-order valence-corrected chi connectivity index (χ1v) is 11.6. The largest absolute Gasteiger partial charge is 0.493 e. The molecule has 0 amide bonds. The van der Waals surface area contributed by atoms with Crippen LogP contribution in [0.15, 0.2) is 60.8 Å². The zero-order valence-electron chi connectivity index (χ0n) is 20.2. The summed E-state index contributed by atoms with van der Waals surface area (Å²) in [6.07, 6.45) is 3.68. The minimum absolute atomic E-state index is 0.210. The van der Waals surface area contributed by atoms with E-state index in [1.807, 2.05) is 35.1 Å². The molecule has 3 rings (SSSR count). The summed E-state index contributed by atoms with van der Waals surface area (Å²) in [5.41, 5.74) is 2.26. The SMILES string of the molecule is COCCOC(=O)c1ccccc1OCCCCn1cc(C(C)(C)NCc2ccccc2)nn1. The Morgan fingerprint density at radius 3 is 2.56 bits per heavy atom. The number of para-hydroxylation sites is 1. The Balaban J connectivity index is 1.42. The maximum absolute atomic E-state index is 12.2. The third-order valence-corrected chi connectivity index (χ3v) is 5.42. The van der Waals surface area contributed by atoms with Gasteiger partial charge in [-0.15, -0.1) is 5.10 Å². The summed E-state index contributed by atoms with van der Waals surface area (Å²) < 4.78 is 17.8. The Morgan fingerprint density at radius 1 is 1.00 bits per heavy atom. The first-order valence-electron chi connectivity index (χ1n) is 11.6. The van der Waals surface area contributed by atoms with Gasteiger partial charge >= 0.3 is 5.97 Å². The van der Waals surface area contributed by atoms with E-state index in [0.717, 1.165) is 31.6 Å². The highest BCUT2D eigenvalue weighted by Crippen LogP contribution is 2.20. The van der Waals surface area contributed by atoms with Gasteiger partial charge in [0.1, 0.15) is 23.6 Å². The molecule has 1 heterocycles. The fourth-order valence-electron chi connectivity index (χ4n) is 3.32. The van der Waals surface area contributed by atoms with Crippen LogP contribution in [0.5, 0.6) is 5.75 Å². The van der Waals surface area contributed by atoms with Crippen LogP contribution in [-0.4, -0.2) is 47.9 Å². The van der Waals surface area contributed by atoms with Crippen LogP contribution in [0.1, 0.15) is 48.3 Å². The number of unbranched alkanes of at least 4 members (excludes halogenated alkanes) is 1. The van der Waals surface area contributed by atoms with E-state index in [2.05, 4.69) is 41.6 Å². The molecule has 0 saturated heterocycles. The van der Waals surface area contributed by atoms with Gasteiger partial charge in [-0.2, -0.15) is 0 Å². The lowest BCUT2D eigenvalue weighted by Gasteiger charge is -2.23. The second kappa shape index (κ2) is 12.9. The number of esters is 1. The summed E-state index contributed by atoms with van der Waals surface area (Å²) >= 11 is 0. The van der Waals surface area contributed by atoms with Gasteiger partial charge < -0.3 is 19.5 Å². The Hall–Kier alpha value is -3.23. The van der Waals surface area contributed by atoms with Gasteiger partial charge in [0.05, 0.1) is 24.9 Å². The molecule has 0 saturated carbocycles. The molecule has 0 spiro atoms. The molecule has 0 atom stereocenters. The summed E-state index contributed by atoms with van der Waals surface area (Å²) in [6.45, 7) is 6.78. The van der Waals surface area contributed by atoms with Crippen LogP contribution in [0.3, 0.4) is 0 Å². The molecule has 0 unspecified atom stereocenters. The molecule has 0 radical (unpaired) electrons. The number of methoxy groups -OCH3 is 1. The Morgan fingerprint density at radius 2 is 1.76 bits per heavy atom. The average Bonchev–Trinajstić information content (AvgIpc) is 3.34. The fraction of sp³-hybridized carbons (Fsp3) is 0.423. The van der Waals surface area contributed by atoms with Crippen molar-refractivity contribution in [2.24, 2.45) is 0 Å².